The molecule has 6 heteroatoms. The minimum absolute atomic E-state index is 0.154. The van der Waals surface area contributed by atoms with E-state index >= 15 is 0 Å². The van der Waals surface area contributed by atoms with Gasteiger partial charge in [0.25, 0.3) is 5.91 Å². The molecule has 3 aliphatic rings. The van der Waals surface area contributed by atoms with Crippen molar-refractivity contribution >= 4 is 11.9 Å². The number of hydrogen-bond donors (Lipinski definition) is 1. The van der Waals surface area contributed by atoms with E-state index in [0.717, 1.165) is 48.3 Å². The van der Waals surface area contributed by atoms with Crippen LogP contribution in [0.5, 0.6) is 11.5 Å². The van der Waals surface area contributed by atoms with E-state index in [4.69, 9.17) is 14.2 Å². The van der Waals surface area contributed by atoms with Crippen molar-refractivity contribution in [3.63, 3.8) is 0 Å². The highest BCUT2D eigenvalue weighted by Crippen LogP contribution is 2.44. The average molecular weight is 421 g/mol. The van der Waals surface area contributed by atoms with Gasteiger partial charge in [0.2, 0.25) is 0 Å². The first-order valence-electron chi connectivity index (χ1n) is 11.0. The number of hydrogen-bond acceptors (Lipinski definition) is 5. The quantitative estimate of drug-likeness (QED) is 0.765. The predicted molar refractivity (Wildman–Crippen MR) is 115 cm³/mol. The molecule has 1 atom stereocenters. The van der Waals surface area contributed by atoms with E-state index in [-0.39, 0.29) is 11.3 Å². The molecule has 0 aromatic heterocycles. The second kappa shape index (κ2) is 7.59. The summed E-state index contributed by atoms with van der Waals surface area (Å²) >= 11 is 0. The Bertz CT molecular complexity index is 1030. The van der Waals surface area contributed by atoms with Crippen LogP contribution in [0, 0.1) is 0 Å². The fourth-order valence-corrected chi connectivity index (χ4v) is 5.09. The Kier molecular flexibility index (Phi) is 4.88. The molecule has 2 aromatic carbocycles. The Labute approximate surface area is 181 Å². The van der Waals surface area contributed by atoms with E-state index in [0.29, 0.717) is 31.7 Å². The van der Waals surface area contributed by atoms with Crippen LogP contribution < -0.4 is 14.8 Å². The van der Waals surface area contributed by atoms with Crippen molar-refractivity contribution < 1.29 is 23.8 Å². The normalized spacial score (nSPS) is 23.6. The number of benzene rings is 2. The fourth-order valence-electron chi connectivity index (χ4n) is 5.09. The Hall–Kier alpha value is -3.02. The molecule has 5 rings (SSSR count). The molecule has 2 heterocycles. The summed E-state index contributed by atoms with van der Waals surface area (Å²) in [6.45, 7) is 3.31. The van der Waals surface area contributed by atoms with Crippen LogP contribution in [0.15, 0.2) is 42.5 Å². The molecule has 0 saturated heterocycles. The molecule has 0 spiro atoms. The minimum atomic E-state index is -1.21. The Balaban J connectivity index is 1.35. The van der Waals surface area contributed by atoms with Crippen molar-refractivity contribution in [1.82, 2.24) is 5.32 Å². The summed E-state index contributed by atoms with van der Waals surface area (Å²) in [6, 6.07) is 13.4. The molecule has 2 aromatic rings. The summed E-state index contributed by atoms with van der Waals surface area (Å²) in [7, 11) is 0. The number of rotatable bonds is 4. The maximum Gasteiger partial charge on any atom is 0.339 e. The Morgan fingerprint density at radius 2 is 1.77 bits per heavy atom. The van der Waals surface area contributed by atoms with E-state index in [1.165, 1.54) is 0 Å². The van der Waals surface area contributed by atoms with Gasteiger partial charge in [0.1, 0.15) is 13.2 Å². The minimum Gasteiger partial charge on any atom is -0.486 e. The number of cyclic esters (lactones) is 1. The number of carbonyl (C=O) groups is 2. The van der Waals surface area contributed by atoms with Crippen molar-refractivity contribution in [2.45, 2.75) is 50.0 Å². The lowest BCUT2D eigenvalue weighted by Crippen LogP contribution is -2.53. The molecule has 1 amide bonds. The number of carbonyl (C=O) groups excluding carboxylic acids is 2. The van der Waals surface area contributed by atoms with Gasteiger partial charge < -0.3 is 19.5 Å². The molecule has 2 aliphatic heterocycles. The molecule has 0 bridgehead atoms. The third-order valence-electron chi connectivity index (χ3n) is 6.87. The highest BCUT2D eigenvalue weighted by Gasteiger charge is 2.44. The molecule has 162 valence electrons. The van der Waals surface area contributed by atoms with E-state index in [1.54, 1.807) is 19.1 Å². The molecular formula is C25H27NO5. The lowest BCUT2D eigenvalue weighted by Gasteiger charge is -2.36. The second-order valence-corrected chi connectivity index (χ2v) is 8.98. The average Bonchev–Trinajstić information content (AvgIpc) is 3.27. The van der Waals surface area contributed by atoms with Crippen LogP contribution in [0.25, 0.3) is 0 Å². The van der Waals surface area contributed by atoms with Crippen molar-refractivity contribution in [3.05, 3.63) is 59.2 Å². The van der Waals surface area contributed by atoms with E-state index in [1.807, 2.05) is 18.2 Å². The highest BCUT2D eigenvalue weighted by atomic mass is 16.6. The summed E-state index contributed by atoms with van der Waals surface area (Å²) in [5.74, 6) is 0.847. The molecule has 1 aliphatic carbocycles. The molecule has 1 N–H and O–H groups in total. The van der Waals surface area contributed by atoms with Crippen LogP contribution in [0.4, 0.5) is 0 Å². The summed E-state index contributed by atoms with van der Waals surface area (Å²) < 4.78 is 17.0. The van der Waals surface area contributed by atoms with E-state index in [2.05, 4.69) is 17.4 Å². The molecular weight excluding hydrogens is 394 g/mol. The largest absolute Gasteiger partial charge is 0.486 e. The molecule has 6 nitrogen and oxygen atoms in total. The number of esters is 1. The van der Waals surface area contributed by atoms with Gasteiger partial charge in [0.15, 0.2) is 17.1 Å². The summed E-state index contributed by atoms with van der Waals surface area (Å²) in [6.07, 6.45) is 4.59. The zero-order valence-electron chi connectivity index (χ0n) is 17.7. The van der Waals surface area contributed by atoms with Gasteiger partial charge in [-0.1, -0.05) is 37.1 Å². The SMILES string of the molecule is CC1(C(=O)NCC2(c3ccc4c(c3)OCCO4)CCCC2)Cc2ccccc2C(=O)O1. The zero-order chi connectivity index (χ0) is 21.5. The lowest BCUT2D eigenvalue weighted by molar-refractivity contribution is -0.140. The topological polar surface area (TPSA) is 73.9 Å². The van der Waals surface area contributed by atoms with Gasteiger partial charge in [-0.3, -0.25) is 4.79 Å². The predicted octanol–water partition coefficient (Wildman–Crippen LogP) is 3.56. The van der Waals surface area contributed by atoms with E-state index < -0.39 is 11.6 Å². The monoisotopic (exact) mass is 421 g/mol. The van der Waals surface area contributed by atoms with E-state index in [9.17, 15) is 9.59 Å². The maximum atomic E-state index is 13.2. The zero-order valence-corrected chi connectivity index (χ0v) is 17.7. The van der Waals surface area contributed by atoms with Gasteiger partial charge in [-0.2, -0.15) is 0 Å². The smallest absolute Gasteiger partial charge is 0.339 e. The van der Waals surface area contributed by atoms with Crippen molar-refractivity contribution in [2.75, 3.05) is 19.8 Å². The number of amides is 1. The van der Waals surface area contributed by atoms with Gasteiger partial charge in [0, 0.05) is 18.4 Å². The first-order valence-corrected chi connectivity index (χ1v) is 11.0. The number of ether oxygens (including phenoxy) is 3. The van der Waals surface area contributed by atoms with Gasteiger partial charge in [-0.15, -0.1) is 0 Å². The van der Waals surface area contributed by atoms with Gasteiger partial charge >= 0.3 is 5.97 Å². The standard InChI is InChI=1S/C25H27NO5/c1-24(15-17-6-2-3-7-19(17)22(27)31-24)23(28)26-16-25(10-4-5-11-25)18-8-9-20-21(14-18)30-13-12-29-20/h2-3,6-9,14H,4-5,10-13,15-16H2,1H3,(H,26,28). The molecule has 1 fully saturated rings. The van der Waals surface area contributed by atoms with Crippen LogP contribution in [0.1, 0.15) is 54.1 Å². The van der Waals surface area contributed by atoms with Crippen LogP contribution in [-0.4, -0.2) is 37.2 Å². The Morgan fingerprint density at radius 3 is 2.58 bits per heavy atom. The maximum absolute atomic E-state index is 13.2. The fraction of sp³-hybridized carbons (Fsp3) is 0.440. The van der Waals surface area contributed by atoms with Gasteiger partial charge in [-0.25, -0.2) is 4.79 Å². The molecule has 1 unspecified atom stereocenters. The van der Waals surface area contributed by atoms with Gasteiger partial charge in [0.05, 0.1) is 5.56 Å². The Morgan fingerprint density at radius 1 is 1.03 bits per heavy atom. The van der Waals surface area contributed by atoms with Crippen molar-refractivity contribution in [3.8, 4) is 11.5 Å². The van der Waals surface area contributed by atoms with Crippen LogP contribution >= 0.6 is 0 Å². The third-order valence-corrected chi connectivity index (χ3v) is 6.87. The third kappa shape index (κ3) is 3.54. The molecule has 31 heavy (non-hydrogen) atoms. The van der Waals surface area contributed by atoms with Crippen LogP contribution in [0.3, 0.4) is 0 Å². The lowest BCUT2D eigenvalue weighted by atomic mass is 9.78. The van der Waals surface area contributed by atoms with Gasteiger partial charge in [-0.05, 0) is 49.1 Å². The first-order chi connectivity index (χ1) is 15.0. The van der Waals surface area contributed by atoms with Crippen LogP contribution in [0.2, 0.25) is 0 Å². The first kappa shape index (κ1) is 19.9. The summed E-state index contributed by atoms with van der Waals surface area (Å²) in [4.78, 5) is 25.7. The second-order valence-electron chi connectivity index (χ2n) is 8.98. The number of fused-ring (bicyclic) bond motifs is 2. The summed E-state index contributed by atoms with van der Waals surface area (Å²) in [5.41, 5.74) is 1.18. The summed E-state index contributed by atoms with van der Waals surface area (Å²) in [5, 5.41) is 3.12. The van der Waals surface area contributed by atoms with Crippen LogP contribution in [-0.2, 0) is 21.4 Å². The molecule has 0 radical (unpaired) electrons. The molecule has 1 saturated carbocycles. The van der Waals surface area contributed by atoms with Crippen molar-refractivity contribution in [2.24, 2.45) is 0 Å². The van der Waals surface area contributed by atoms with Crippen molar-refractivity contribution in [1.29, 1.82) is 0 Å². The highest BCUT2D eigenvalue weighted by molar-refractivity contribution is 5.97. The number of nitrogens with one attached hydrogen (secondary N) is 1.